The van der Waals surface area contributed by atoms with Crippen molar-refractivity contribution in [1.29, 1.82) is 0 Å². The Morgan fingerprint density at radius 2 is 2.13 bits per heavy atom. The number of carbonyl (C=O) groups excluding carboxylic acids is 1. The molecule has 0 unspecified atom stereocenters. The molecule has 7 heteroatoms. The lowest BCUT2D eigenvalue weighted by atomic mass is 10.1. The number of amides is 2. The largest absolute Gasteiger partial charge is 0.339 e. The summed E-state index contributed by atoms with van der Waals surface area (Å²) in [5.74, 6) is 1.12. The highest BCUT2D eigenvalue weighted by atomic mass is 32.1. The van der Waals surface area contributed by atoms with E-state index < -0.39 is 0 Å². The molecule has 2 heterocycles. The van der Waals surface area contributed by atoms with Gasteiger partial charge >= 0.3 is 6.03 Å². The number of hydrogen-bond donors (Lipinski definition) is 2. The fourth-order valence-corrected chi connectivity index (χ4v) is 2.76. The van der Waals surface area contributed by atoms with Crippen molar-refractivity contribution in [3.8, 4) is 0 Å². The summed E-state index contributed by atoms with van der Waals surface area (Å²) in [6.07, 6.45) is 0.474. The molecule has 6 nitrogen and oxygen atoms in total. The van der Waals surface area contributed by atoms with Crippen molar-refractivity contribution in [2.75, 3.05) is 5.32 Å². The van der Waals surface area contributed by atoms with Crippen LogP contribution in [0.4, 0.5) is 10.5 Å². The number of nitrogens with one attached hydrogen (secondary N) is 2. The number of rotatable bonds is 5. The normalized spacial score (nSPS) is 10.5. The molecular formula is C16H16N4O2S. The lowest BCUT2D eigenvalue weighted by molar-refractivity contribution is 0.252. The number of thiophene rings is 1. The second-order valence-corrected chi connectivity index (χ2v) is 5.99. The van der Waals surface area contributed by atoms with Crippen molar-refractivity contribution in [3.63, 3.8) is 0 Å². The number of benzene rings is 1. The molecule has 2 N–H and O–H groups in total. The number of urea groups is 1. The summed E-state index contributed by atoms with van der Waals surface area (Å²) in [7, 11) is 0. The summed E-state index contributed by atoms with van der Waals surface area (Å²) in [4.78, 5) is 17.3. The molecule has 3 aromatic rings. The zero-order valence-electron chi connectivity index (χ0n) is 12.6. The summed E-state index contributed by atoms with van der Waals surface area (Å²) in [6.45, 7) is 2.28. The quantitative estimate of drug-likeness (QED) is 0.752. The molecule has 118 valence electrons. The molecule has 0 radical (unpaired) electrons. The van der Waals surface area contributed by atoms with Crippen LogP contribution in [-0.2, 0) is 13.0 Å². The Kier molecular flexibility index (Phi) is 4.68. The van der Waals surface area contributed by atoms with Crippen molar-refractivity contribution in [3.05, 3.63) is 63.9 Å². The van der Waals surface area contributed by atoms with Gasteiger partial charge in [-0.3, -0.25) is 0 Å². The number of aromatic nitrogens is 2. The van der Waals surface area contributed by atoms with Crippen molar-refractivity contribution < 1.29 is 9.32 Å². The Bertz CT molecular complexity index is 783. The molecule has 2 amide bonds. The van der Waals surface area contributed by atoms with Gasteiger partial charge in [0.15, 0.2) is 5.82 Å². The van der Waals surface area contributed by atoms with Crippen LogP contribution in [0.2, 0.25) is 0 Å². The van der Waals surface area contributed by atoms with E-state index >= 15 is 0 Å². The summed E-state index contributed by atoms with van der Waals surface area (Å²) < 4.78 is 5.14. The average molecular weight is 328 g/mol. The highest BCUT2D eigenvalue weighted by Gasteiger charge is 2.10. The second-order valence-electron chi connectivity index (χ2n) is 4.96. The first-order chi connectivity index (χ1) is 11.2. The van der Waals surface area contributed by atoms with Gasteiger partial charge in [-0.1, -0.05) is 29.4 Å². The fraction of sp³-hybridized carbons (Fsp3) is 0.188. The molecular weight excluding hydrogens is 312 g/mol. The van der Waals surface area contributed by atoms with Crippen LogP contribution >= 0.6 is 11.3 Å². The van der Waals surface area contributed by atoms with Gasteiger partial charge < -0.3 is 15.2 Å². The molecule has 0 spiro atoms. The fourth-order valence-electron chi connectivity index (χ4n) is 2.12. The summed E-state index contributed by atoms with van der Waals surface area (Å²) in [6, 6.07) is 11.3. The predicted molar refractivity (Wildman–Crippen MR) is 88.5 cm³/mol. The number of anilines is 1. The van der Waals surface area contributed by atoms with Crippen LogP contribution in [0.15, 0.2) is 46.3 Å². The Morgan fingerprint density at radius 1 is 1.26 bits per heavy atom. The predicted octanol–water partition coefficient (Wildman–Crippen LogP) is 3.35. The first-order valence-corrected chi connectivity index (χ1v) is 8.03. The van der Waals surface area contributed by atoms with E-state index in [1.54, 1.807) is 18.3 Å². The van der Waals surface area contributed by atoms with Gasteiger partial charge in [0, 0.05) is 10.6 Å². The molecule has 0 aliphatic carbocycles. The smallest absolute Gasteiger partial charge is 0.319 e. The number of hydrogen-bond acceptors (Lipinski definition) is 5. The van der Waals surface area contributed by atoms with Gasteiger partial charge in [-0.25, -0.2) is 4.79 Å². The van der Waals surface area contributed by atoms with Gasteiger partial charge in [0.05, 0.1) is 13.0 Å². The monoisotopic (exact) mass is 328 g/mol. The van der Waals surface area contributed by atoms with E-state index in [0.717, 1.165) is 16.1 Å². The van der Waals surface area contributed by atoms with Crippen LogP contribution in [-0.4, -0.2) is 16.2 Å². The zero-order chi connectivity index (χ0) is 16.1. The van der Waals surface area contributed by atoms with Crippen LogP contribution in [0.1, 0.15) is 22.2 Å². The molecule has 2 aromatic heterocycles. The Hall–Kier alpha value is -2.67. The third kappa shape index (κ3) is 4.17. The zero-order valence-corrected chi connectivity index (χ0v) is 13.4. The standard InChI is InChI=1S/C16H16N4O2S/c1-11-18-15(22-20-11)9-12-5-2-3-7-14(12)19-16(21)17-10-13-6-4-8-23-13/h2-8H,9-10H2,1H3,(H2,17,19,21). The molecule has 0 bridgehead atoms. The van der Waals surface area contributed by atoms with E-state index in [1.165, 1.54) is 0 Å². The molecule has 0 fully saturated rings. The van der Waals surface area contributed by atoms with E-state index in [4.69, 9.17) is 4.52 Å². The second kappa shape index (κ2) is 7.06. The van der Waals surface area contributed by atoms with Crippen LogP contribution < -0.4 is 10.6 Å². The maximum atomic E-state index is 12.0. The Balaban J connectivity index is 1.64. The highest BCUT2D eigenvalue weighted by Crippen LogP contribution is 2.18. The molecule has 3 rings (SSSR count). The van der Waals surface area contributed by atoms with Gasteiger partial charge in [0.25, 0.3) is 0 Å². The van der Waals surface area contributed by atoms with E-state index in [-0.39, 0.29) is 6.03 Å². The van der Waals surface area contributed by atoms with E-state index in [0.29, 0.717) is 24.7 Å². The van der Waals surface area contributed by atoms with Crippen molar-refractivity contribution >= 4 is 23.1 Å². The van der Waals surface area contributed by atoms with Crippen LogP contribution in [0, 0.1) is 6.92 Å². The molecule has 1 aromatic carbocycles. The van der Waals surface area contributed by atoms with Crippen molar-refractivity contribution in [2.24, 2.45) is 0 Å². The highest BCUT2D eigenvalue weighted by molar-refractivity contribution is 7.09. The minimum atomic E-state index is -0.243. The van der Waals surface area contributed by atoms with Gasteiger partial charge in [-0.05, 0) is 30.0 Å². The van der Waals surface area contributed by atoms with E-state index in [2.05, 4.69) is 20.8 Å². The molecule has 0 saturated heterocycles. The van der Waals surface area contributed by atoms with Gasteiger partial charge in [-0.2, -0.15) is 4.98 Å². The van der Waals surface area contributed by atoms with Crippen molar-refractivity contribution in [2.45, 2.75) is 19.9 Å². The Morgan fingerprint density at radius 3 is 2.87 bits per heavy atom. The van der Waals surface area contributed by atoms with Gasteiger partial charge in [-0.15, -0.1) is 11.3 Å². The van der Waals surface area contributed by atoms with E-state index in [9.17, 15) is 4.79 Å². The average Bonchev–Trinajstić information content (AvgIpc) is 3.19. The topological polar surface area (TPSA) is 80.0 Å². The summed E-state index contributed by atoms with van der Waals surface area (Å²) in [5, 5.41) is 11.5. The molecule has 0 saturated carbocycles. The molecule has 23 heavy (non-hydrogen) atoms. The van der Waals surface area contributed by atoms with Gasteiger partial charge in [0.1, 0.15) is 0 Å². The lowest BCUT2D eigenvalue weighted by Crippen LogP contribution is -2.28. The molecule has 0 aliphatic heterocycles. The number of para-hydroxylation sites is 1. The SMILES string of the molecule is Cc1noc(Cc2ccccc2NC(=O)NCc2cccs2)n1. The summed E-state index contributed by atoms with van der Waals surface area (Å²) >= 11 is 1.61. The number of nitrogens with zero attached hydrogens (tertiary/aromatic N) is 2. The summed E-state index contributed by atoms with van der Waals surface area (Å²) in [5.41, 5.74) is 1.65. The third-order valence-corrected chi connectivity index (χ3v) is 4.06. The van der Waals surface area contributed by atoms with Crippen molar-refractivity contribution in [1.82, 2.24) is 15.5 Å². The minimum Gasteiger partial charge on any atom is -0.339 e. The third-order valence-electron chi connectivity index (χ3n) is 3.18. The number of aryl methyl sites for hydroxylation is 1. The van der Waals surface area contributed by atoms with Crippen LogP contribution in [0.3, 0.4) is 0 Å². The maximum absolute atomic E-state index is 12.0. The Labute approximate surface area is 137 Å². The molecule has 0 aliphatic rings. The first kappa shape index (κ1) is 15.2. The van der Waals surface area contributed by atoms with E-state index in [1.807, 2.05) is 41.8 Å². The van der Waals surface area contributed by atoms with Gasteiger partial charge in [0.2, 0.25) is 5.89 Å². The van der Waals surface area contributed by atoms with Crippen LogP contribution in [0.25, 0.3) is 0 Å². The maximum Gasteiger partial charge on any atom is 0.319 e. The number of carbonyl (C=O) groups is 1. The minimum absolute atomic E-state index is 0.243. The van der Waals surface area contributed by atoms with Crippen LogP contribution in [0.5, 0.6) is 0 Å². The molecule has 0 atom stereocenters. The lowest BCUT2D eigenvalue weighted by Gasteiger charge is -2.10. The first-order valence-electron chi connectivity index (χ1n) is 7.15.